The Kier molecular flexibility index (Phi) is 9.07. The molecular formula is C26H32N2O2. The van der Waals surface area contributed by atoms with Crippen molar-refractivity contribution in [3.05, 3.63) is 83.0 Å². The normalized spacial score (nSPS) is 12.5. The fourth-order valence-electron chi connectivity index (χ4n) is 3.70. The van der Waals surface area contributed by atoms with Gasteiger partial charge in [0.25, 0.3) is 11.8 Å². The molecule has 0 aromatic heterocycles. The molecular weight excluding hydrogens is 372 g/mol. The minimum Gasteiger partial charge on any atom is -0.322 e. The summed E-state index contributed by atoms with van der Waals surface area (Å²) in [7, 11) is 0. The van der Waals surface area contributed by atoms with Crippen LogP contribution in [0.2, 0.25) is 0 Å². The maximum atomic E-state index is 13.0. The molecule has 0 atom stereocenters. The maximum Gasteiger partial charge on any atom is 0.251 e. The monoisotopic (exact) mass is 404 g/mol. The highest BCUT2D eigenvalue weighted by molar-refractivity contribution is 6.07. The van der Waals surface area contributed by atoms with E-state index in [1.54, 1.807) is 0 Å². The quantitative estimate of drug-likeness (QED) is 0.370. The van der Waals surface area contributed by atoms with Gasteiger partial charge in [0, 0.05) is 22.5 Å². The van der Waals surface area contributed by atoms with Crippen LogP contribution in [-0.2, 0) is 9.59 Å². The Hall–Kier alpha value is -3.14. The third-order valence-corrected chi connectivity index (χ3v) is 5.12. The van der Waals surface area contributed by atoms with E-state index in [0.29, 0.717) is 25.7 Å². The second-order valence-corrected chi connectivity index (χ2v) is 6.97. The van der Waals surface area contributed by atoms with Gasteiger partial charge in [0.2, 0.25) is 0 Å². The van der Waals surface area contributed by atoms with Crippen molar-refractivity contribution >= 4 is 23.2 Å². The first kappa shape index (κ1) is 23.1. The minimum absolute atomic E-state index is 0.106. The lowest BCUT2D eigenvalue weighted by Crippen LogP contribution is -2.19. The lowest BCUT2D eigenvalue weighted by atomic mass is 9.88. The number of allylic oxidation sites excluding steroid dienone is 2. The molecule has 4 nitrogen and oxygen atoms in total. The summed E-state index contributed by atoms with van der Waals surface area (Å²) in [6.45, 7) is 8.05. The van der Waals surface area contributed by atoms with E-state index < -0.39 is 0 Å². The number of amides is 2. The molecule has 0 heterocycles. The summed E-state index contributed by atoms with van der Waals surface area (Å²) in [6.07, 6.45) is 2.58. The Morgan fingerprint density at radius 3 is 1.10 bits per heavy atom. The smallest absolute Gasteiger partial charge is 0.251 e. The van der Waals surface area contributed by atoms with Gasteiger partial charge in [-0.25, -0.2) is 0 Å². The molecule has 0 fully saturated rings. The number of anilines is 2. The summed E-state index contributed by atoms with van der Waals surface area (Å²) in [4.78, 5) is 26.1. The van der Waals surface area contributed by atoms with Gasteiger partial charge in [0.05, 0.1) is 0 Å². The van der Waals surface area contributed by atoms with Gasteiger partial charge < -0.3 is 10.6 Å². The first-order valence-corrected chi connectivity index (χ1v) is 10.7. The van der Waals surface area contributed by atoms with Crippen LogP contribution in [0, 0.1) is 0 Å². The van der Waals surface area contributed by atoms with E-state index in [2.05, 4.69) is 10.6 Å². The van der Waals surface area contributed by atoms with Crippen LogP contribution in [0.15, 0.2) is 83.0 Å². The Bertz CT molecular complexity index is 835. The first-order valence-electron chi connectivity index (χ1n) is 10.7. The van der Waals surface area contributed by atoms with Crippen LogP contribution in [-0.4, -0.2) is 11.8 Å². The fourth-order valence-corrected chi connectivity index (χ4v) is 3.70. The van der Waals surface area contributed by atoms with Gasteiger partial charge in [-0.15, -0.1) is 0 Å². The van der Waals surface area contributed by atoms with Crippen molar-refractivity contribution in [3.63, 3.8) is 0 Å². The molecule has 30 heavy (non-hydrogen) atoms. The molecule has 158 valence electrons. The van der Waals surface area contributed by atoms with E-state index in [-0.39, 0.29) is 11.8 Å². The molecule has 2 rings (SSSR count). The van der Waals surface area contributed by atoms with Crippen molar-refractivity contribution in [3.8, 4) is 0 Å². The molecule has 4 heteroatoms. The number of carbonyl (C=O) groups is 2. The van der Waals surface area contributed by atoms with Crippen molar-refractivity contribution in [2.45, 2.75) is 53.4 Å². The number of benzene rings is 2. The van der Waals surface area contributed by atoms with Crippen molar-refractivity contribution in [2.75, 3.05) is 10.6 Å². The molecule has 2 N–H and O–H groups in total. The average molecular weight is 405 g/mol. The molecule has 2 aromatic carbocycles. The number of rotatable bonds is 9. The van der Waals surface area contributed by atoms with Gasteiger partial charge in [-0.3, -0.25) is 9.59 Å². The minimum atomic E-state index is -0.106. The fraction of sp³-hybridized carbons (Fsp3) is 0.308. The van der Waals surface area contributed by atoms with Gasteiger partial charge in [-0.1, -0.05) is 64.1 Å². The summed E-state index contributed by atoms with van der Waals surface area (Å²) in [5.41, 5.74) is 4.93. The molecule has 0 aliphatic heterocycles. The molecule has 0 aliphatic rings. The Balaban J connectivity index is 2.44. The highest BCUT2D eigenvalue weighted by Gasteiger charge is 2.20. The predicted molar refractivity (Wildman–Crippen MR) is 125 cm³/mol. The zero-order chi connectivity index (χ0) is 21.9. The summed E-state index contributed by atoms with van der Waals surface area (Å²) in [6, 6.07) is 18.9. The third kappa shape index (κ3) is 5.93. The van der Waals surface area contributed by atoms with Gasteiger partial charge in [-0.2, -0.15) is 0 Å². The number of hydrogen-bond donors (Lipinski definition) is 2. The van der Waals surface area contributed by atoms with Crippen LogP contribution < -0.4 is 10.6 Å². The van der Waals surface area contributed by atoms with Gasteiger partial charge >= 0.3 is 0 Å². The molecule has 2 amide bonds. The van der Waals surface area contributed by atoms with Crippen molar-refractivity contribution in [1.29, 1.82) is 0 Å². The topological polar surface area (TPSA) is 58.2 Å². The first-order chi connectivity index (χ1) is 14.5. The van der Waals surface area contributed by atoms with E-state index >= 15 is 0 Å². The van der Waals surface area contributed by atoms with Crippen LogP contribution in [0.25, 0.3) is 0 Å². The lowest BCUT2D eigenvalue weighted by molar-refractivity contribution is -0.114. The Morgan fingerprint density at radius 2 is 0.833 bits per heavy atom. The van der Waals surface area contributed by atoms with E-state index in [1.807, 2.05) is 88.4 Å². The maximum absolute atomic E-state index is 13.0. The van der Waals surface area contributed by atoms with Gasteiger partial charge in [0.15, 0.2) is 0 Å². The summed E-state index contributed by atoms with van der Waals surface area (Å²) in [5, 5.41) is 5.99. The van der Waals surface area contributed by atoms with E-state index in [9.17, 15) is 9.59 Å². The Labute approximate surface area is 180 Å². The van der Waals surface area contributed by atoms with Gasteiger partial charge in [-0.05, 0) is 61.1 Å². The molecule has 0 unspecified atom stereocenters. The van der Waals surface area contributed by atoms with E-state index in [4.69, 9.17) is 0 Å². The zero-order valence-corrected chi connectivity index (χ0v) is 18.4. The SMILES string of the molecule is CC/C(C(=O)Nc1ccccc1)=C(CC)/C(CC)=C(/CC)C(=O)Nc1ccccc1. The highest BCUT2D eigenvalue weighted by Crippen LogP contribution is 2.29. The molecule has 2 aromatic rings. The van der Waals surface area contributed by atoms with Crippen LogP contribution in [0.4, 0.5) is 11.4 Å². The zero-order valence-electron chi connectivity index (χ0n) is 18.4. The van der Waals surface area contributed by atoms with Gasteiger partial charge in [0.1, 0.15) is 0 Å². The van der Waals surface area contributed by atoms with E-state index in [1.165, 1.54) is 0 Å². The molecule has 0 bridgehead atoms. The second-order valence-electron chi connectivity index (χ2n) is 6.97. The number of para-hydroxylation sites is 2. The molecule has 0 saturated heterocycles. The van der Waals surface area contributed by atoms with E-state index in [0.717, 1.165) is 33.7 Å². The van der Waals surface area contributed by atoms with Crippen LogP contribution in [0.5, 0.6) is 0 Å². The van der Waals surface area contributed by atoms with Crippen molar-refractivity contribution < 1.29 is 9.59 Å². The number of hydrogen-bond acceptors (Lipinski definition) is 2. The second kappa shape index (κ2) is 11.8. The molecule has 0 saturated carbocycles. The number of carbonyl (C=O) groups excluding carboxylic acids is 2. The standard InChI is InChI=1S/C26H32N2O2/c1-5-21(23(7-3)25(29)27-19-15-11-9-12-16-19)22(6-2)24(8-4)26(30)28-20-17-13-10-14-18-20/h9-18H,5-8H2,1-4H3,(H,27,29)(H,28,30)/b23-21-,24-22-. The predicted octanol–water partition coefficient (Wildman–Crippen LogP) is 6.50. The summed E-state index contributed by atoms with van der Waals surface area (Å²) in [5.74, 6) is -0.212. The van der Waals surface area contributed by atoms with Crippen LogP contribution in [0.1, 0.15) is 53.4 Å². The number of nitrogens with one attached hydrogen (secondary N) is 2. The summed E-state index contributed by atoms with van der Waals surface area (Å²) < 4.78 is 0. The highest BCUT2D eigenvalue weighted by atomic mass is 16.2. The molecule has 0 aliphatic carbocycles. The Morgan fingerprint density at radius 1 is 0.533 bits per heavy atom. The van der Waals surface area contributed by atoms with Crippen molar-refractivity contribution in [1.82, 2.24) is 0 Å². The summed E-state index contributed by atoms with van der Waals surface area (Å²) >= 11 is 0. The largest absolute Gasteiger partial charge is 0.322 e. The van der Waals surface area contributed by atoms with Crippen molar-refractivity contribution in [2.24, 2.45) is 0 Å². The third-order valence-electron chi connectivity index (χ3n) is 5.12. The van der Waals surface area contributed by atoms with Crippen LogP contribution >= 0.6 is 0 Å². The lowest BCUT2D eigenvalue weighted by Gasteiger charge is -2.19. The average Bonchev–Trinajstić information content (AvgIpc) is 2.77. The van der Waals surface area contributed by atoms with Crippen LogP contribution in [0.3, 0.4) is 0 Å². The molecule has 0 radical (unpaired) electrons. The molecule has 0 spiro atoms.